The van der Waals surface area contributed by atoms with Gasteiger partial charge in [0.15, 0.2) is 0 Å². The maximum absolute atomic E-state index is 6.32. The summed E-state index contributed by atoms with van der Waals surface area (Å²) in [5.41, 5.74) is 9.11. The van der Waals surface area contributed by atoms with Crippen LogP contribution in [0.15, 0.2) is 6.07 Å². The van der Waals surface area contributed by atoms with Crippen LogP contribution >= 0.6 is 0 Å². The van der Waals surface area contributed by atoms with Crippen molar-refractivity contribution in [3.8, 4) is 5.75 Å². The van der Waals surface area contributed by atoms with E-state index < -0.39 is 5.54 Å². The summed E-state index contributed by atoms with van der Waals surface area (Å²) in [4.78, 5) is 4.80. The summed E-state index contributed by atoms with van der Waals surface area (Å²) in [6.45, 7) is 13.4. The number of pyridine rings is 1. The van der Waals surface area contributed by atoms with Crippen LogP contribution in [0.25, 0.3) is 0 Å². The van der Waals surface area contributed by atoms with Crippen LogP contribution in [-0.2, 0) is 11.0 Å². The molecule has 18 heavy (non-hydrogen) atoms. The predicted octanol–water partition coefficient (Wildman–Crippen LogP) is 3.07. The lowest BCUT2D eigenvalue weighted by Crippen LogP contribution is -2.34. The van der Waals surface area contributed by atoms with E-state index in [2.05, 4.69) is 40.7 Å². The van der Waals surface area contributed by atoms with Crippen LogP contribution in [0.3, 0.4) is 0 Å². The number of rotatable bonds is 1. The largest absolute Gasteiger partial charge is 0.489 e. The Hall–Kier alpha value is -1.09. The second-order valence-electron chi connectivity index (χ2n) is 6.88. The van der Waals surface area contributed by atoms with E-state index in [1.807, 2.05) is 6.92 Å². The molecule has 2 heterocycles. The van der Waals surface area contributed by atoms with Crippen molar-refractivity contribution in [3.63, 3.8) is 0 Å². The van der Waals surface area contributed by atoms with E-state index in [9.17, 15) is 0 Å². The van der Waals surface area contributed by atoms with E-state index in [4.69, 9.17) is 15.5 Å². The fourth-order valence-electron chi connectivity index (χ4n) is 2.23. The van der Waals surface area contributed by atoms with Gasteiger partial charge >= 0.3 is 0 Å². The van der Waals surface area contributed by atoms with Crippen LogP contribution in [0.5, 0.6) is 5.75 Å². The highest BCUT2D eigenvalue weighted by molar-refractivity contribution is 5.49. The first-order chi connectivity index (χ1) is 8.13. The zero-order valence-corrected chi connectivity index (χ0v) is 12.3. The SMILES string of the molecule is CC(C)c1cc2c(c(C(C)(C)C)n1)OCC2(C)N. The third-order valence-electron chi connectivity index (χ3n) is 3.43. The molecule has 1 aliphatic rings. The topological polar surface area (TPSA) is 48.1 Å². The van der Waals surface area contributed by atoms with Crippen LogP contribution < -0.4 is 10.5 Å². The Labute approximate surface area is 110 Å². The lowest BCUT2D eigenvalue weighted by molar-refractivity contribution is 0.277. The van der Waals surface area contributed by atoms with Crippen molar-refractivity contribution in [2.45, 2.75) is 58.4 Å². The molecule has 0 spiro atoms. The predicted molar refractivity (Wildman–Crippen MR) is 74.1 cm³/mol. The maximum Gasteiger partial charge on any atom is 0.146 e. The van der Waals surface area contributed by atoms with Gasteiger partial charge in [0.2, 0.25) is 0 Å². The van der Waals surface area contributed by atoms with Gasteiger partial charge in [-0.25, -0.2) is 0 Å². The van der Waals surface area contributed by atoms with Crippen molar-refractivity contribution < 1.29 is 4.74 Å². The highest BCUT2D eigenvalue weighted by Crippen LogP contribution is 2.42. The van der Waals surface area contributed by atoms with Gasteiger partial charge < -0.3 is 10.5 Å². The third-order valence-corrected chi connectivity index (χ3v) is 3.43. The molecule has 0 aliphatic carbocycles. The van der Waals surface area contributed by atoms with Crippen LogP contribution in [0.1, 0.15) is 64.4 Å². The fraction of sp³-hybridized carbons (Fsp3) is 0.667. The molecule has 3 heteroatoms. The molecule has 0 saturated heterocycles. The molecule has 1 atom stereocenters. The molecule has 0 radical (unpaired) electrons. The molecule has 1 aliphatic heterocycles. The van der Waals surface area contributed by atoms with Gasteiger partial charge in [0.05, 0.1) is 11.2 Å². The van der Waals surface area contributed by atoms with Gasteiger partial charge in [-0.3, -0.25) is 4.98 Å². The van der Waals surface area contributed by atoms with Crippen LogP contribution in [0, 0.1) is 0 Å². The van der Waals surface area contributed by atoms with Crippen molar-refractivity contribution in [1.82, 2.24) is 4.98 Å². The molecule has 0 fully saturated rings. The number of nitrogens with two attached hydrogens (primary N) is 1. The Morgan fingerprint density at radius 1 is 1.39 bits per heavy atom. The molecule has 0 saturated carbocycles. The van der Waals surface area contributed by atoms with Gasteiger partial charge in [-0.15, -0.1) is 0 Å². The lowest BCUT2D eigenvalue weighted by Gasteiger charge is -2.23. The molecular weight excluding hydrogens is 224 g/mol. The van der Waals surface area contributed by atoms with Crippen molar-refractivity contribution >= 4 is 0 Å². The zero-order chi connectivity index (χ0) is 13.7. The monoisotopic (exact) mass is 248 g/mol. The van der Waals surface area contributed by atoms with E-state index in [-0.39, 0.29) is 5.41 Å². The summed E-state index contributed by atoms with van der Waals surface area (Å²) in [5.74, 6) is 1.30. The molecule has 1 aromatic heterocycles. The lowest BCUT2D eigenvalue weighted by atomic mass is 9.86. The van der Waals surface area contributed by atoms with E-state index in [0.717, 1.165) is 22.7 Å². The minimum Gasteiger partial charge on any atom is -0.489 e. The molecule has 2 N–H and O–H groups in total. The number of nitrogens with zero attached hydrogens (tertiary/aromatic N) is 1. The van der Waals surface area contributed by atoms with Gasteiger partial charge in [-0.05, 0) is 18.9 Å². The van der Waals surface area contributed by atoms with Gasteiger partial charge in [0, 0.05) is 16.7 Å². The smallest absolute Gasteiger partial charge is 0.146 e. The number of ether oxygens (including phenoxy) is 1. The van der Waals surface area contributed by atoms with Crippen LogP contribution in [0.4, 0.5) is 0 Å². The third kappa shape index (κ3) is 2.12. The minimum absolute atomic E-state index is 0.0323. The molecule has 2 rings (SSSR count). The molecule has 0 amide bonds. The molecule has 0 bridgehead atoms. The summed E-state index contributed by atoms with van der Waals surface area (Å²) < 4.78 is 5.82. The number of hydrogen-bond donors (Lipinski definition) is 1. The van der Waals surface area contributed by atoms with Crippen molar-refractivity contribution in [1.29, 1.82) is 0 Å². The van der Waals surface area contributed by atoms with Gasteiger partial charge in [0.25, 0.3) is 0 Å². The average molecular weight is 248 g/mol. The van der Waals surface area contributed by atoms with Crippen molar-refractivity contribution in [2.75, 3.05) is 6.61 Å². The van der Waals surface area contributed by atoms with Gasteiger partial charge in [-0.2, -0.15) is 0 Å². The Morgan fingerprint density at radius 3 is 2.50 bits per heavy atom. The average Bonchev–Trinajstić information content (AvgIpc) is 2.52. The second kappa shape index (κ2) is 3.95. The summed E-state index contributed by atoms with van der Waals surface area (Å²) in [6, 6.07) is 2.11. The maximum atomic E-state index is 6.32. The zero-order valence-electron chi connectivity index (χ0n) is 12.3. The van der Waals surface area contributed by atoms with Crippen LogP contribution in [-0.4, -0.2) is 11.6 Å². The van der Waals surface area contributed by atoms with E-state index in [1.165, 1.54) is 0 Å². The Bertz CT molecular complexity index is 470. The van der Waals surface area contributed by atoms with Crippen molar-refractivity contribution in [2.24, 2.45) is 5.73 Å². The van der Waals surface area contributed by atoms with Gasteiger partial charge in [-0.1, -0.05) is 34.6 Å². The summed E-state index contributed by atoms with van der Waals surface area (Å²) in [6.07, 6.45) is 0. The highest BCUT2D eigenvalue weighted by atomic mass is 16.5. The molecule has 0 aromatic carbocycles. The Morgan fingerprint density at radius 2 is 2.00 bits per heavy atom. The van der Waals surface area contributed by atoms with E-state index in [1.54, 1.807) is 0 Å². The van der Waals surface area contributed by atoms with E-state index >= 15 is 0 Å². The summed E-state index contributed by atoms with van der Waals surface area (Å²) in [7, 11) is 0. The molecular formula is C15H24N2O. The Balaban J connectivity index is 2.69. The number of hydrogen-bond acceptors (Lipinski definition) is 3. The first-order valence-electron chi connectivity index (χ1n) is 6.60. The number of aromatic nitrogens is 1. The first kappa shape index (κ1) is 13.3. The number of fused-ring (bicyclic) bond motifs is 1. The second-order valence-corrected chi connectivity index (χ2v) is 6.88. The highest BCUT2D eigenvalue weighted by Gasteiger charge is 2.37. The Kier molecular flexibility index (Phi) is 2.93. The molecule has 1 unspecified atom stereocenters. The minimum atomic E-state index is -0.401. The quantitative estimate of drug-likeness (QED) is 0.831. The first-order valence-corrected chi connectivity index (χ1v) is 6.60. The normalized spacial score (nSPS) is 23.1. The van der Waals surface area contributed by atoms with E-state index in [0.29, 0.717) is 12.5 Å². The standard InChI is InChI=1S/C15H24N2O/c1-9(2)11-7-10-12(18-8-15(10,6)16)13(17-11)14(3,4)5/h7,9H,8,16H2,1-6H3. The summed E-state index contributed by atoms with van der Waals surface area (Å²) >= 11 is 0. The van der Waals surface area contributed by atoms with Gasteiger partial charge in [0.1, 0.15) is 12.4 Å². The molecule has 100 valence electrons. The van der Waals surface area contributed by atoms with Crippen molar-refractivity contribution in [3.05, 3.63) is 23.0 Å². The summed E-state index contributed by atoms with van der Waals surface area (Å²) in [5, 5.41) is 0. The molecule has 1 aromatic rings. The molecule has 3 nitrogen and oxygen atoms in total. The van der Waals surface area contributed by atoms with Crippen LogP contribution in [0.2, 0.25) is 0 Å². The fourth-order valence-corrected chi connectivity index (χ4v) is 2.23.